The van der Waals surface area contributed by atoms with Crippen LogP contribution in [0.1, 0.15) is 36.1 Å². The molecule has 0 saturated carbocycles. The van der Waals surface area contributed by atoms with Gasteiger partial charge in [-0.05, 0) is 49.6 Å². The molecule has 0 radical (unpaired) electrons. The highest BCUT2D eigenvalue weighted by Crippen LogP contribution is 2.28. The van der Waals surface area contributed by atoms with Crippen molar-refractivity contribution >= 4 is 0 Å². The molecule has 1 atom stereocenters. The molecule has 0 aromatic heterocycles. The number of ether oxygens (including phenoxy) is 1. The Kier molecular flexibility index (Phi) is 4.77. The zero-order valence-corrected chi connectivity index (χ0v) is 10.2. The molecule has 90 valence electrons. The van der Waals surface area contributed by atoms with Crippen molar-refractivity contribution in [1.82, 2.24) is 0 Å². The van der Waals surface area contributed by atoms with Crippen molar-refractivity contribution in [1.29, 1.82) is 0 Å². The van der Waals surface area contributed by atoms with Gasteiger partial charge in [-0.3, -0.25) is 0 Å². The molecule has 1 rings (SSSR count). The second-order valence-electron chi connectivity index (χ2n) is 3.94. The Morgan fingerprint density at radius 2 is 1.94 bits per heavy atom. The molecular formula is C13H20O3. The van der Waals surface area contributed by atoms with E-state index in [2.05, 4.69) is 0 Å². The third-order valence-corrected chi connectivity index (χ3v) is 2.62. The van der Waals surface area contributed by atoms with Gasteiger partial charge in [-0.15, -0.1) is 0 Å². The van der Waals surface area contributed by atoms with Gasteiger partial charge in [-0.1, -0.05) is 0 Å². The van der Waals surface area contributed by atoms with E-state index in [4.69, 9.17) is 9.84 Å². The molecular weight excluding hydrogens is 204 g/mol. The quantitative estimate of drug-likeness (QED) is 0.805. The summed E-state index contributed by atoms with van der Waals surface area (Å²) in [5.41, 5.74) is 2.88. The maximum atomic E-state index is 9.85. The summed E-state index contributed by atoms with van der Waals surface area (Å²) in [6.45, 7) is 6.48. The van der Waals surface area contributed by atoms with Crippen LogP contribution in [0.25, 0.3) is 0 Å². The highest BCUT2D eigenvalue weighted by atomic mass is 16.5. The van der Waals surface area contributed by atoms with Gasteiger partial charge in [0.25, 0.3) is 0 Å². The number of hydrogen-bond acceptors (Lipinski definition) is 3. The lowest BCUT2D eigenvalue weighted by Crippen LogP contribution is -2.04. The number of benzene rings is 1. The second-order valence-corrected chi connectivity index (χ2v) is 3.94. The second kappa shape index (κ2) is 5.87. The number of hydrogen-bond donors (Lipinski definition) is 2. The van der Waals surface area contributed by atoms with Crippen LogP contribution in [0, 0.1) is 13.8 Å². The van der Waals surface area contributed by atoms with Gasteiger partial charge in [0.15, 0.2) is 0 Å². The SMILES string of the molecule is CCOc1cc(C)c(C(O)CCO)cc1C. The highest BCUT2D eigenvalue weighted by molar-refractivity contribution is 5.42. The van der Waals surface area contributed by atoms with E-state index in [9.17, 15) is 5.11 Å². The fourth-order valence-electron chi connectivity index (χ4n) is 1.76. The fraction of sp³-hybridized carbons (Fsp3) is 0.538. The third kappa shape index (κ3) is 2.97. The van der Waals surface area contributed by atoms with Crippen molar-refractivity contribution in [3.63, 3.8) is 0 Å². The third-order valence-electron chi connectivity index (χ3n) is 2.62. The van der Waals surface area contributed by atoms with Crippen molar-refractivity contribution < 1.29 is 14.9 Å². The zero-order chi connectivity index (χ0) is 12.1. The van der Waals surface area contributed by atoms with Crippen LogP contribution in [-0.4, -0.2) is 23.4 Å². The summed E-state index contributed by atoms with van der Waals surface area (Å²) in [4.78, 5) is 0. The minimum Gasteiger partial charge on any atom is -0.494 e. The van der Waals surface area contributed by atoms with Crippen LogP contribution < -0.4 is 4.74 Å². The average Bonchev–Trinajstić information content (AvgIpc) is 2.23. The largest absolute Gasteiger partial charge is 0.494 e. The zero-order valence-electron chi connectivity index (χ0n) is 10.2. The van der Waals surface area contributed by atoms with Crippen molar-refractivity contribution in [3.8, 4) is 5.75 Å². The van der Waals surface area contributed by atoms with Gasteiger partial charge in [0.1, 0.15) is 5.75 Å². The molecule has 2 N–H and O–H groups in total. The van der Waals surface area contributed by atoms with Crippen LogP contribution in [0.3, 0.4) is 0 Å². The maximum Gasteiger partial charge on any atom is 0.122 e. The first-order valence-corrected chi connectivity index (χ1v) is 5.63. The fourth-order valence-corrected chi connectivity index (χ4v) is 1.76. The lowest BCUT2D eigenvalue weighted by atomic mass is 9.98. The molecule has 1 aromatic carbocycles. The van der Waals surface area contributed by atoms with Gasteiger partial charge in [0, 0.05) is 13.0 Å². The first-order valence-electron chi connectivity index (χ1n) is 5.63. The van der Waals surface area contributed by atoms with Gasteiger partial charge in [-0.2, -0.15) is 0 Å². The van der Waals surface area contributed by atoms with E-state index in [0.717, 1.165) is 22.4 Å². The minimum atomic E-state index is -0.598. The number of aryl methyl sites for hydroxylation is 2. The van der Waals surface area contributed by atoms with Crippen molar-refractivity contribution in [2.75, 3.05) is 13.2 Å². The normalized spacial score (nSPS) is 12.6. The molecule has 0 fully saturated rings. The molecule has 0 amide bonds. The first kappa shape index (κ1) is 13.0. The monoisotopic (exact) mass is 224 g/mol. The van der Waals surface area contributed by atoms with E-state index in [1.54, 1.807) is 0 Å². The summed E-state index contributed by atoms with van der Waals surface area (Å²) in [6, 6.07) is 3.87. The lowest BCUT2D eigenvalue weighted by Gasteiger charge is -2.16. The predicted octanol–water partition coefficient (Wildman–Crippen LogP) is 2.12. The molecule has 16 heavy (non-hydrogen) atoms. The van der Waals surface area contributed by atoms with Gasteiger partial charge in [0.05, 0.1) is 12.7 Å². The van der Waals surface area contributed by atoms with Gasteiger partial charge in [-0.25, -0.2) is 0 Å². The van der Waals surface area contributed by atoms with Crippen molar-refractivity contribution in [2.24, 2.45) is 0 Å². The highest BCUT2D eigenvalue weighted by Gasteiger charge is 2.12. The molecule has 0 spiro atoms. The number of aliphatic hydroxyl groups excluding tert-OH is 2. The minimum absolute atomic E-state index is 0.00708. The Morgan fingerprint density at radius 1 is 1.25 bits per heavy atom. The average molecular weight is 224 g/mol. The number of rotatable bonds is 5. The van der Waals surface area contributed by atoms with E-state index in [1.165, 1.54) is 0 Å². The molecule has 1 unspecified atom stereocenters. The summed E-state index contributed by atoms with van der Waals surface area (Å²) < 4.78 is 5.48. The van der Waals surface area contributed by atoms with E-state index in [0.29, 0.717) is 13.0 Å². The molecule has 0 aliphatic carbocycles. The van der Waals surface area contributed by atoms with Crippen LogP contribution in [0.15, 0.2) is 12.1 Å². The topological polar surface area (TPSA) is 49.7 Å². The molecule has 1 aromatic rings. The Labute approximate surface area is 96.7 Å². The molecule has 0 aliphatic rings. The Balaban J connectivity index is 3.00. The molecule has 0 bridgehead atoms. The Morgan fingerprint density at radius 3 is 2.50 bits per heavy atom. The van der Waals surface area contributed by atoms with Crippen LogP contribution in [0.4, 0.5) is 0 Å². The van der Waals surface area contributed by atoms with Gasteiger partial charge in [0.2, 0.25) is 0 Å². The summed E-state index contributed by atoms with van der Waals surface area (Å²) in [7, 11) is 0. The van der Waals surface area contributed by atoms with E-state index in [-0.39, 0.29) is 6.61 Å². The van der Waals surface area contributed by atoms with E-state index in [1.807, 2.05) is 32.9 Å². The molecule has 0 saturated heterocycles. The lowest BCUT2D eigenvalue weighted by molar-refractivity contribution is 0.133. The van der Waals surface area contributed by atoms with Crippen molar-refractivity contribution in [3.05, 3.63) is 28.8 Å². The predicted molar refractivity (Wildman–Crippen MR) is 63.7 cm³/mol. The Hall–Kier alpha value is -1.06. The smallest absolute Gasteiger partial charge is 0.122 e. The van der Waals surface area contributed by atoms with Crippen LogP contribution in [0.5, 0.6) is 5.75 Å². The Bertz CT molecular complexity index is 347. The van der Waals surface area contributed by atoms with Crippen LogP contribution >= 0.6 is 0 Å². The molecule has 0 heterocycles. The van der Waals surface area contributed by atoms with Gasteiger partial charge >= 0.3 is 0 Å². The maximum absolute atomic E-state index is 9.85. The summed E-state index contributed by atoms with van der Waals surface area (Å²) in [5.74, 6) is 0.861. The van der Waals surface area contributed by atoms with Crippen LogP contribution in [-0.2, 0) is 0 Å². The molecule has 0 aliphatic heterocycles. The van der Waals surface area contributed by atoms with E-state index < -0.39 is 6.10 Å². The summed E-state index contributed by atoms with van der Waals surface area (Å²) >= 11 is 0. The summed E-state index contributed by atoms with van der Waals surface area (Å²) in [6.07, 6.45) is -0.228. The standard InChI is InChI=1S/C13H20O3/c1-4-16-13-8-9(2)11(7-10(13)3)12(15)5-6-14/h7-8,12,14-15H,4-6H2,1-3H3. The first-order chi connectivity index (χ1) is 7.60. The van der Waals surface area contributed by atoms with Crippen LogP contribution in [0.2, 0.25) is 0 Å². The summed E-state index contributed by atoms with van der Waals surface area (Å²) in [5, 5.41) is 18.7. The van der Waals surface area contributed by atoms with Crippen molar-refractivity contribution in [2.45, 2.75) is 33.3 Å². The number of aliphatic hydroxyl groups is 2. The molecule has 3 nitrogen and oxygen atoms in total. The molecule has 3 heteroatoms. The van der Waals surface area contributed by atoms with E-state index >= 15 is 0 Å². The van der Waals surface area contributed by atoms with Gasteiger partial charge < -0.3 is 14.9 Å².